The molecule has 2 aromatic rings. The Morgan fingerprint density at radius 1 is 1.11 bits per heavy atom. The Bertz CT molecular complexity index is 1140. The van der Waals surface area contributed by atoms with Gasteiger partial charge in [-0.25, -0.2) is 12.8 Å². The number of carbonyl (C=O) groups excluding carboxylic acids is 2. The zero-order valence-corrected chi connectivity index (χ0v) is 22.3. The molecule has 1 N–H and O–H groups in total. The van der Waals surface area contributed by atoms with E-state index in [2.05, 4.69) is 5.32 Å². The summed E-state index contributed by atoms with van der Waals surface area (Å²) >= 11 is 5.86. The maximum absolute atomic E-state index is 13.7. The van der Waals surface area contributed by atoms with Gasteiger partial charge in [-0.3, -0.25) is 13.9 Å². The number of nitrogens with zero attached hydrogens (tertiary/aromatic N) is 2. The number of anilines is 1. The number of carbonyl (C=O) groups is 2. The molecule has 0 spiro atoms. The molecule has 0 aliphatic heterocycles. The lowest BCUT2D eigenvalue weighted by atomic mass is 10.1. The smallest absolute Gasteiger partial charge is 0.244 e. The monoisotopic (exact) mass is 525 g/mol. The minimum absolute atomic E-state index is 0.0578. The summed E-state index contributed by atoms with van der Waals surface area (Å²) in [5.41, 5.74) is 0.520. The first kappa shape index (κ1) is 28.6. The van der Waals surface area contributed by atoms with Gasteiger partial charge in [0.05, 0.1) is 17.0 Å². The minimum atomic E-state index is -3.92. The number of amides is 2. The summed E-state index contributed by atoms with van der Waals surface area (Å²) < 4.78 is 39.7. The molecule has 0 aromatic heterocycles. The molecule has 0 aliphatic rings. The zero-order chi connectivity index (χ0) is 26.4. The lowest BCUT2D eigenvalue weighted by molar-refractivity contribution is -0.140. The van der Waals surface area contributed by atoms with Crippen molar-refractivity contribution >= 4 is 39.1 Å². The van der Waals surface area contributed by atoms with Gasteiger partial charge in [-0.05, 0) is 57.4 Å². The van der Waals surface area contributed by atoms with Gasteiger partial charge in [0.15, 0.2) is 0 Å². The quantitative estimate of drug-likeness (QED) is 0.508. The zero-order valence-electron chi connectivity index (χ0n) is 20.7. The summed E-state index contributed by atoms with van der Waals surface area (Å²) in [7, 11) is -3.92. The van der Waals surface area contributed by atoms with Crippen LogP contribution in [-0.2, 0) is 26.0 Å². The predicted octanol–water partition coefficient (Wildman–Crippen LogP) is 4.01. The van der Waals surface area contributed by atoms with Crippen LogP contribution >= 0.6 is 11.6 Å². The van der Waals surface area contributed by atoms with Crippen LogP contribution in [0.15, 0.2) is 48.5 Å². The van der Waals surface area contributed by atoms with E-state index in [1.807, 2.05) is 51.1 Å². The molecule has 0 saturated carbocycles. The standard InChI is InChI=1S/C25H33ClFN3O4S/c1-6-22(24(32)28-25(2,3)4)29(15-14-18-10-8-7-9-11-18)23(31)17-30(35(5,33)34)19-12-13-21(27)20(26)16-19/h7-13,16,22H,6,14-15,17H2,1-5H3,(H,28,32). The number of hydrogen-bond donors (Lipinski definition) is 1. The average molecular weight is 526 g/mol. The van der Waals surface area contributed by atoms with E-state index in [1.165, 1.54) is 11.0 Å². The highest BCUT2D eigenvalue weighted by molar-refractivity contribution is 7.92. The second-order valence-electron chi connectivity index (χ2n) is 9.35. The summed E-state index contributed by atoms with van der Waals surface area (Å²) in [4.78, 5) is 28.0. The SMILES string of the molecule is CCC(C(=O)NC(C)(C)C)N(CCc1ccccc1)C(=O)CN(c1ccc(F)c(Cl)c1)S(C)(=O)=O. The molecule has 2 rings (SSSR count). The van der Waals surface area contributed by atoms with Crippen molar-refractivity contribution < 1.29 is 22.4 Å². The van der Waals surface area contributed by atoms with Crippen LogP contribution in [0, 0.1) is 5.82 Å². The van der Waals surface area contributed by atoms with Gasteiger partial charge in [0.2, 0.25) is 21.8 Å². The molecular weight excluding hydrogens is 493 g/mol. The third kappa shape index (κ3) is 8.50. The Kier molecular flexibility index (Phi) is 9.68. The van der Waals surface area contributed by atoms with Gasteiger partial charge in [-0.2, -0.15) is 0 Å². The number of hydrogen-bond acceptors (Lipinski definition) is 4. The highest BCUT2D eigenvalue weighted by Crippen LogP contribution is 2.25. The Morgan fingerprint density at radius 3 is 2.26 bits per heavy atom. The van der Waals surface area contributed by atoms with Crippen molar-refractivity contribution in [2.75, 3.05) is 23.7 Å². The van der Waals surface area contributed by atoms with Gasteiger partial charge in [0.25, 0.3) is 0 Å². The van der Waals surface area contributed by atoms with Gasteiger partial charge in [0.1, 0.15) is 18.4 Å². The molecule has 7 nitrogen and oxygen atoms in total. The molecule has 10 heteroatoms. The number of nitrogens with one attached hydrogen (secondary N) is 1. The summed E-state index contributed by atoms with van der Waals surface area (Å²) in [6.07, 6.45) is 1.77. The fourth-order valence-electron chi connectivity index (χ4n) is 3.60. The Labute approximate surface area is 212 Å². The highest BCUT2D eigenvalue weighted by Gasteiger charge is 2.32. The van der Waals surface area contributed by atoms with Gasteiger partial charge in [0, 0.05) is 12.1 Å². The molecule has 1 atom stereocenters. The lowest BCUT2D eigenvalue weighted by Crippen LogP contribution is -2.56. The second-order valence-corrected chi connectivity index (χ2v) is 11.7. The van der Waals surface area contributed by atoms with Gasteiger partial charge in [-0.1, -0.05) is 48.9 Å². The third-order valence-electron chi connectivity index (χ3n) is 5.24. The van der Waals surface area contributed by atoms with E-state index in [4.69, 9.17) is 11.6 Å². The molecule has 1 unspecified atom stereocenters. The average Bonchev–Trinajstić information content (AvgIpc) is 2.75. The molecule has 0 saturated heterocycles. The van der Waals surface area contributed by atoms with Crippen molar-refractivity contribution in [3.05, 3.63) is 64.9 Å². The van der Waals surface area contributed by atoms with Crippen LogP contribution in [0.5, 0.6) is 0 Å². The Balaban J connectivity index is 2.40. The molecule has 0 aliphatic carbocycles. The largest absolute Gasteiger partial charge is 0.350 e. The number of benzene rings is 2. The van der Waals surface area contributed by atoms with E-state index in [0.717, 1.165) is 28.3 Å². The van der Waals surface area contributed by atoms with Crippen LogP contribution in [0.2, 0.25) is 5.02 Å². The van der Waals surface area contributed by atoms with Crippen LogP contribution in [0.4, 0.5) is 10.1 Å². The van der Waals surface area contributed by atoms with E-state index in [1.54, 1.807) is 6.92 Å². The summed E-state index contributed by atoms with van der Waals surface area (Å²) in [6.45, 7) is 6.98. The molecule has 0 fully saturated rings. The van der Waals surface area contributed by atoms with E-state index in [9.17, 15) is 22.4 Å². The molecule has 2 amide bonds. The van der Waals surface area contributed by atoms with Crippen LogP contribution in [0.25, 0.3) is 0 Å². The van der Waals surface area contributed by atoms with Crippen molar-refractivity contribution in [2.45, 2.75) is 52.1 Å². The van der Waals surface area contributed by atoms with Crippen molar-refractivity contribution in [3.8, 4) is 0 Å². The molecule has 0 radical (unpaired) electrons. The molecule has 2 aromatic carbocycles. The predicted molar refractivity (Wildman–Crippen MR) is 137 cm³/mol. The van der Waals surface area contributed by atoms with E-state index < -0.39 is 39.9 Å². The molecule has 0 heterocycles. The number of sulfonamides is 1. The first-order valence-corrected chi connectivity index (χ1v) is 13.5. The van der Waals surface area contributed by atoms with Crippen LogP contribution < -0.4 is 9.62 Å². The highest BCUT2D eigenvalue weighted by atomic mass is 35.5. The van der Waals surface area contributed by atoms with Crippen molar-refractivity contribution in [1.29, 1.82) is 0 Å². The van der Waals surface area contributed by atoms with E-state index in [0.29, 0.717) is 12.8 Å². The van der Waals surface area contributed by atoms with Gasteiger partial charge in [-0.15, -0.1) is 0 Å². The third-order valence-corrected chi connectivity index (χ3v) is 6.67. The van der Waals surface area contributed by atoms with Crippen molar-refractivity contribution in [2.24, 2.45) is 0 Å². The van der Waals surface area contributed by atoms with E-state index in [-0.39, 0.29) is 23.2 Å². The van der Waals surface area contributed by atoms with Crippen LogP contribution in [0.1, 0.15) is 39.7 Å². The number of rotatable bonds is 10. The minimum Gasteiger partial charge on any atom is -0.350 e. The molecule has 0 bridgehead atoms. The van der Waals surface area contributed by atoms with Gasteiger partial charge < -0.3 is 10.2 Å². The topological polar surface area (TPSA) is 86.8 Å². The Morgan fingerprint density at radius 2 is 1.74 bits per heavy atom. The maximum atomic E-state index is 13.7. The fraction of sp³-hybridized carbons (Fsp3) is 0.440. The van der Waals surface area contributed by atoms with Crippen molar-refractivity contribution in [3.63, 3.8) is 0 Å². The van der Waals surface area contributed by atoms with Crippen molar-refractivity contribution in [1.82, 2.24) is 10.2 Å². The lowest BCUT2D eigenvalue weighted by Gasteiger charge is -2.34. The summed E-state index contributed by atoms with van der Waals surface area (Å²) in [5, 5.41) is 2.65. The Hall–Kier alpha value is -2.65. The van der Waals surface area contributed by atoms with Crippen LogP contribution in [0.3, 0.4) is 0 Å². The van der Waals surface area contributed by atoms with Gasteiger partial charge >= 0.3 is 0 Å². The van der Waals surface area contributed by atoms with Crippen LogP contribution in [-0.4, -0.2) is 56.1 Å². The first-order chi connectivity index (χ1) is 16.2. The second kappa shape index (κ2) is 11.9. The summed E-state index contributed by atoms with van der Waals surface area (Å²) in [6, 6.07) is 12.1. The summed E-state index contributed by atoms with van der Waals surface area (Å²) in [5.74, 6) is -1.58. The fourth-order valence-corrected chi connectivity index (χ4v) is 4.62. The number of halogens is 2. The van der Waals surface area contributed by atoms with E-state index >= 15 is 0 Å². The normalized spacial score (nSPS) is 12.7. The first-order valence-electron chi connectivity index (χ1n) is 11.3. The molecule has 192 valence electrons. The molecular formula is C25H33ClFN3O4S. The molecule has 35 heavy (non-hydrogen) atoms. The maximum Gasteiger partial charge on any atom is 0.244 e.